The molecule has 0 aliphatic carbocycles. The summed E-state index contributed by atoms with van der Waals surface area (Å²) in [5, 5.41) is 3.85. The van der Waals surface area contributed by atoms with Crippen LogP contribution in [0.2, 0.25) is 0 Å². The average Bonchev–Trinajstić information content (AvgIpc) is 3.05. The maximum absolute atomic E-state index is 11.9. The van der Waals surface area contributed by atoms with Crippen LogP contribution in [0.15, 0.2) is 30.6 Å². The molecule has 1 N–H and O–H groups in total. The summed E-state index contributed by atoms with van der Waals surface area (Å²) in [5.41, 5.74) is 0.974. The SMILES string of the molecule is Cc1ncc(/C=C/C(=O)NCc2ccc(N3CCOCC3)nc2)s1. The number of rotatable bonds is 5. The largest absolute Gasteiger partial charge is 0.378 e. The van der Waals surface area contributed by atoms with Crippen molar-refractivity contribution in [2.75, 3.05) is 31.2 Å². The number of morpholine rings is 1. The van der Waals surface area contributed by atoms with Gasteiger partial charge in [-0.3, -0.25) is 4.79 Å². The summed E-state index contributed by atoms with van der Waals surface area (Å²) >= 11 is 1.56. The van der Waals surface area contributed by atoms with E-state index in [0.717, 1.165) is 47.6 Å². The predicted octanol–water partition coefficient (Wildman–Crippen LogP) is 2.01. The first kappa shape index (κ1) is 16.6. The monoisotopic (exact) mass is 344 g/mol. The van der Waals surface area contributed by atoms with Crippen LogP contribution in [0.3, 0.4) is 0 Å². The van der Waals surface area contributed by atoms with E-state index in [0.29, 0.717) is 6.54 Å². The van der Waals surface area contributed by atoms with Crippen LogP contribution in [-0.2, 0) is 16.1 Å². The maximum atomic E-state index is 11.9. The fourth-order valence-electron chi connectivity index (χ4n) is 2.36. The van der Waals surface area contributed by atoms with Crippen molar-refractivity contribution in [3.05, 3.63) is 46.1 Å². The molecule has 1 amide bonds. The molecule has 126 valence electrons. The molecule has 0 aromatic carbocycles. The Morgan fingerprint density at radius 2 is 2.17 bits per heavy atom. The lowest BCUT2D eigenvalue weighted by Gasteiger charge is -2.27. The van der Waals surface area contributed by atoms with E-state index in [1.807, 2.05) is 19.1 Å². The van der Waals surface area contributed by atoms with Gasteiger partial charge in [0.2, 0.25) is 5.91 Å². The molecule has 0 saturated carbocycles. The number of aryl methyl sites for hydroxylation is 1. The number of nitrogens with one attached hydrogen (secondary N) is 1. The Morgan fingerprint density at radius 3 is 2.83 bits per heavy atom. The molecule has 1 fully saturated rings. The molecule has 1 saturated heterocycles. The Labute approximate surface area is 145 Å². The summed E-state index contributed by atoms with van der Waals surface area (Å²) < 4.78 is 5.34. The molecule has 0 radical (unpaired) electrons. The van der Waals surface area contributed by atoms with E-state index in [1.54, 1.807) is 29.8 Å². The zero-order chi connectivity index (χ0) is 16.8. The molecule has 2 aromatic rings. The average molecular weight is 344 g/mol. The van der Waals surface area contributed by atoms with Gasteiger partial charge in [-0.25, -0.2) is 9.97 Å². The second-order valence-electron chi connectivity index (χ2n) is 5.46. The summed E-state index contributed by atoms with van der Waals surface area (Å²) in [6, 6.07) is 3.98. The van der Waals surface area contributed by atoms with E-state index in [-0.39, 0.29) is 5.91 Å². The number of carbonyl (C=O) groups is 1. The summed E-state index contributed by atoms with van der Waals surface area (Å²) in [6.07, 6.45) is 6.88. The van der Waals surface area contributed by atoms with Crippen molar-refractivity contribution in [1.29, 1.82) is 0 Å². The highest BCUT2D eigenvalue weighted by atomic mass is 32.1. The number of ether oxygens (including phenoxy) is 1. The van der Waals surface area contributed by atoms with Crippen molar-refractivity contribution in [1.82, 2.24) is 15.3 Å². The molecule has 2 aromatic heterocycles. The zero-order valence-electron chi connectivity index (χ0n) is 13.6. The quantitative estimate of drug-likeness (QED) is 0.841. The number of aromatic nitrogens is 2. The molecule has 0 bridgehead atoms. The second-order valence-corrected chi connectivity index (χ2v) is 6.72. The van der Waals surface area contributed by atoms with Crippen molar-refractivity contribution in [3.63, 3.8) is 0 Å². The highest BCUT2D eigenvalue weighted by Gasteiger charge is 2.11. The van der Waals surface area contributed by atoms with Gasteiger partial charge in [-0.1, -0.05) is 6.07 Å². The minimum Gasteiger partial charge on any atom is -0.378 e. The van der Waals surface area contributed by atoms with Gasteiger partial charge in [0.15, 0.2) is 0 Å². The highest BCUT2D eigenvalue weighted by molar-refractivity contribution is 7.12. The lowest BCUT2D eigenvalue weighted by Crippen LogP contribution is -2.36. The lowest BCUT2D eigenvalue weighted by atomic mass is 10.2. The van der Waals surface area contributed by atoms with Gasteiger partial charge in [-0.15, -0.1) is 11.3 Å². The van der Waals surface area contributed by atoms with Crippen molar-refractivity contribution < 1.29 is 9.53 Å². The van der Waals surface area contributed by atoms with E-state index in [2.05, 4.69) is 20.2 Å². The molecule has 7 heteroatoms. The molecule has 6 nitrogen and oxygen atoms in total. The number of nitrogens with zero attached hydrogens (tertiary/aromatic N) is 3. The van der Waals surface area contributed by atoms with Crippen LogP contribution >= 0.6 is 11.3 Å². The number of hydrogen-bond acceptors (Lipinski definition) is 6. The van der Waals surface area contributed by atoms with Crippen LogP contribution in [0.25, 0.3) is 6.08 Å². The first-order valence-electron chi connectivity index (χ1n) is 7.87. The van der Waals surface area contributed by atoms with E-state index < -0.39 is 0 Å². The van der Waals surface area contributed by atoms with Crippen molar-refractivity contribution in [3.8, 4) is 0 Å². The van der Waals surface area contributed by atoms with E-state index in [9.17, 15) is 4.79 Å². The fraction of sp³-hybridized carbons (Fsp3) is 0.353. The first-order valence-corrected chi connectivity index (χ1v) is 8.68. The third-order valence-corrected chi connectivity index (χ3v) is 4.53. The topological polar surface area (TPSA) is 67.4 Å². The van der Waals surface area contributed by atoms with Crippen LogP contribution < -0.4 is 10.2 Å². The number of amides is 1. The van der Waals surface area contributed by atoms with Gasteiger partial charge in [0.25, 0.3) is 0 Å². The minimum atomic E-state index is -0.127. The predicted molar refractivity (Wildman–Crippen MR) is 95.0 cm³/mol. The Bertz CT molecular complexity index is 706. The molecule has 1 aliphatic rings. The first-order chi connectivity index (χ1) is 11.7. The fourth-order valence-corrected chi connectivity index (χ4v) is 3.05. The number of pyridine rings is 1. The van der Waals surface area contributed by atoms with Crippen LogP contribution in [0.5, 0.6) is 0 Å². The lowest BCUT2D eigenvalue weighted by molar-refractivity contribution is -0.116. The highest BCUT2D eigenvalue weighted by Crippen LogP contribution is 2.14. The summed E-state index contributed by atoms with van der Waals surface area (Å²) in [4.78, 5) is 23.6. The van der Waals surface area contributed by atoms with Crippen molar-refractivity contribution in [2.45, 2.75) is 13.5 Å². The van der Waals surface area contributed by atoms with Crippen LogP contribution in [0.4, 0.5) is 5.82 Å². The van der Waals surface area contributed by atoms with Gasteiger partial charge in [-0.05, 0) is 24.6 Å². The van der Waals surface area contributed by atoms with E-state index in [4.69, 9.17) is 4.74 Å². The van der Waals surface area contributed by atoms with Gasteiger partial charge in [0, 0.05) is 43.0 Å². The van der Waals surface area contributed by atoms with Crippen molar-refractivity contribution in [2.24, 2.45) is 0 Å². The zero-order valence-corrected chi connectivity index (χ0v) is 14.4. The Hall–Kier alpha value is -2.25. The van der Waals surface area contributed by atoms with Crippen LogP contribution in [-0.4, -0.2) is 42.2 Å². The van der Waals surface area contributed by atoms with Crippen molar-refractivity contribution >= 4 is 29.1 Å². The van der Waals surface area contributed by atoms with E-state index >= 15 is 0 Å². The Kier molecular flexibility index (Phi) is 5.55. The van der Waals surface area contributed by atoms with Crippen LogP contribution in [0, 0.1) is 6.92 Å². The van der Waals surface area contributed by atoms with Gasteiger partial charge >= 0.3 is 0 Å². The molecule has 0 spiro atoms. The maximum Gasteiger partial charge on any atom is 0.244 e. The second kappa shape index (κ2) is 8.03. The number of carbonyl (C=O) groups excluding carboxylic acids is 1. The van der Waals surface area contributed by atoms with Gasteiger partial charge in [0.05, 0.1) is 18.2 Å². The molecule has 3 rings (SSSR count). The van der Waals surface area contributed by atoms with E-state index in [1.165, 1.54) is 6.08 Å². The molecular formula is C17H20N4O2S. The molecule has 0 atom stereocenters. The molecular weight excluding hydrogens is 324 g/mol. The van der Waals surface area contributed by atoms with Crippen LogP contribution in [0.1, 0.15) is 15.4 Å². The minimum absolute atomic E-state index is 0.127. The number of anilines is 1. The van der Waals surface area contributed by atoms with Gasteiger partial charge < -0.3 is 15.0 Å². The number of hydrogen-bond donors (Lipinski definition) is 1. The molecule has 3 heterocycles. The summed E-state index contributed by atoms with van der Waals surface area (Å²) in [6.45, 7) is 5.61. The molecule has 1 aliphatic heterocycles. The Morgan fingerprint density at radius 1 is 1.33 bits per heavy atom. The summed E-state index contributed by atoms with van der Waals surface area (Å²) in [5.74, 6) is 0.826. The number of thiazole rings is 1. The Balaban J connectivity index is 1.49. The normalized spacial score (nSPS) is 15.0. The summed E-state index contributed by atoms with van der Waals surface area (Å²) in [7, 11) is 0. The standard InChI is InChI=1S/C17H20N4O2S/c1-13-18-12-15(24-13)3-5-17(22)20-11-14-2-4-16(19-10-14)21-6-8-23-9-7-21/h2-5,10,12H,6-9,11H2,1H3,(H,20,22)/b5-3+. The molecule has 0 unspecified atom stereocenters. The van der Waals surface area contributed by atoms with Gasteiger partial charge in [-0.2, -0.15) is 0 Å². The third-order valence-electron chi connectivity index (χ3n) is 3.65. The molecule has 24 heavy (non-hydrogen) atoms. The smallest absolute Gasteiger partial charge is 0.244 e. The third kappa shape index (κ3) is 4.62. The van der Waals surface area contributed by atoms with Gasteiger partial charge in [0.1, 0.15) is 5.82 Å².